The van der Waals surface area contributed by atoms with Gasteiger partial charge in [0.2, 0.25) is 0 Å². The molecule has 0 saturated carbocycles. The quantitative estimate of drug-likeness (QED) is 0.470. The summed E-state index contributed by atoms with van der Waals surface area (Å²) in [5, 5.41) is 4.62. The van der Waals surface area contributed by atoms with Gasteiger partial charge in [-0.1, -0.05) is 6.07 Å². The zero-order valence-corrected chi connectivity index (χ0v) is 17.6. The molecule has 5 nitrogen and oxygen atoms in total. The molecule has 0 radical (unpaired) electrons. The summed E-state index contributed by atoms with van der Waals surface area (Å²) in [5.41, 5.74) is 2.14. The normalized spacial score (nSPS) is 14.4. The van der Waals surface area contributed by atoms with Crippen molar-refractivity contribution in [2.75, 3.05) is 30.2 Å². The summed E-state index contributed by atoms with van der Waals surface area (Å²) in [6.07, 6.45) is 0.00645. The van der Waals surface area contributed by atoms with Gasteiger partial charge in [0.05, 0.1) is 5.51 Å². The molecule has 1 saturated heterocycles. The lowest BCUT2D eigenvalue weighted by Gasteiger charge is -2.36. The van der Waals surface area contributed by atoms with Crippen LogP contribution in [0.4, 0.5) is 24.7 Å². The van der Waals surface area contributed by atoms with Crippen LogP contribution in [0, 0.1) is 17.5 Å². The van der Waals surface area contributed by atoms with E-state index >= 15 is 0 Å². The van der Waals surface area contributed by atoms with Crippen LogP contribution < -0.4 is 14.8 Å². The molecule has 0 aliphatic carbocycles. The Labute approximate surface area is 180 Å². The summed E-state index contributed by atoms with van der Waals surface area (Å²) in [4.78, 5) is 5.93. The maximum atomic E-state index is 14.4. The fourth-order valence-electron chi connectivity index (χ4n) is 3.03. The number of halogens is 3. The summed E-state index contributed by atoms with van der Waals surface area (Å²) >= 11 is 2.18. The number of likely N-dealkylation sites (N-methyl/N-ethyl adjacent to an activating group) is 1. The number of benzene rings is 2. The zero-order chi connectivity index (χ0) is 21.1. The third kappa shape index (κ3) is 4.82. The van der Waals surface area contributed by atoms with Crippen LogP contribution in [0.3, 0.4) is 0 Å². The first-order valence-corrected chi connectivity index (χ1v) is 10.9. The maximum Gasteiger partial charge on any atom is 0.147 e. The van der Waals surface area contributed by atoms with Crippen LogP contribution in [0.1, 0.15) is 5.56 Å². The number of rotatable bonds is 8. The fraction of sp³-hybridized carbons (Fsp3) is 0.250. The minimum atomic E-state index is -0.729. The van der Waals surface area contributed by atoms with E-state index in [-0.39, 0.29) is 23.2 Å². The van der Waals surface area contributed by atoms with Gasteiger partial charge >= 0.3 is 0 Å². The van der Waals surface area contributed by atoms with Gasteiger partial charge in [0.1, 0.15) is 40.0 Å². The van der Waals surface area contributed by atoms with E-state index in [1.165, 1.54) is 29.5 Å². The molecule has 10 heteroatoms. The summed E-state index contributed by atoms with van der Waals surface area (Å²) in [5.74, 6) is -0.939. The number of anilines is 2. The number of nitrogens with zero attached hydrogens (tertiary/aromatic N) is 2. The number of ether oxygens (including phenoxy) is 1. The second kappa shape index (κ2) is 9.15. The predicted molar refractivity (Wildman–Crippen MR) is 114 cm³/mol. The van der Waals surface area contributed by atoms with Crippen LogP contribution in [0.25, 0.3) is 0 Å². The fourth-order valence-corrected chi connectivity index (χ4v) is 4.22. The zero-order valence-electron chi connectivity index (χ0n) is 16.0. The summed E-state index contributed by atoms with van der Waals surface area (Å²) in [6.45, 7) is 1.58. The number of aromatic nitrogens is 1. The Morgan fingerprint density at radius 1 is 1.20 bits per heavy atom. The van der Waals surface area contributed by atoms with Crippen molar-refractivity contribution in [2.24, 2.45) is 0 Å². The molecule has 4 rings (SSSR count). The molecular formula is C20H19F3N4OS2. The van der Waals surface area contributed by atoms with Crippen molar-refractivity contribution in [3.05, 3.63) is 64.2 Å². The van der Waals surface area contributed by atoms with Gasteiger partial charge in [0.25, 0.3) is 0 Å². The van der Waals surface area contributed by atoms with Crippen LogP contribution in [-0.2, 0) is 6.54 Å². The Hall–Kier alpha value is -2.43. The minimum absolute atomic E-state index is 0.00645. The average molecular weight is 453 g/mol. The van der Waals surface area contributed by atoms with E-state index in [9.17, 15) is 13.2 Å². The Bertz CT molecular complexity index is 990. The van der Waals surface area contributed by atoms with Crippen molar-refractivity contribution in [1.82, 2.24) is 9.88 Å². The lowest BCUT2D eigenvalue weighted by Crippen LogP contribution is -2.51. The lowest BCUT2D eigenvalue weighted by atomic mass is 10.1. The predicted octanol–water partition coefficient (Wildman–Crippen LogP) is 4.98. The third-order valence-corrected chi connectivity index (χ3v) is 6.05. The molecule has 0 amide bonds. The van der Waals surface area contributed by atoms with Crippen molar-refractivity contribution in [3.8, 4) is 5.75 Å². The number of nitrogens with one attached hydrogen (secondary N) is 2. The maximum absolute atomic E-state index is 14.4. The monoisotopic (exact) mass is 452 g/mol. The van der Waals surface area contributed by atoms with Crippen molar-refractivity contribution in [2.45, 2.75) is 17.5 Å². The second-order valence-electron chi connectivity index (χ2n) is 6.88. The molecule has 0 spiro atoms. The van der Waals surface area contributed by atoms with Gasteiger partial charge in [-0.15, -0.1) is 11.3 Å². The van der Waals surface area contributed by atoms with Crippen LogP contribution in [0.5, 0.6) is 5.75 Å². The van der Waals surface area contributed by atoms with Gasteiger partial charge in [-0.05, 0) is 43.3 Å². The topological polar surface area (TPSA) is 49.4 Å². The number of thiazole rings is 1. The van der Waals surface area contributed by atoms with Crippen molar-refractivity contribution in [3.63, 3.8) is 0 Å². The van der Waals surface area contributed by atoms with Crippen molar-refractivity contribution in [1.29, 1.82) is 0 Å². The number of hydrogen-bond acceptors (Lipinski definition) is 7. The largest absolute Gasteiger partial charge is 0.487 e. The highest BCUT2D eigenvalue weighted by molar-refractivity contribution is 8.00. The molecule has 1 aromatic heterocycles. The standard InChI is InChI=1S/C20H19F3N4OS2/c1-27-8-13(9-27)28-18-4-2-3-15(21)14(18)7-24-12-5-16(22)20(17(23)6-12)30-26-19-10-29-11-25-19/h2-6,10-11,13,24,26H,7-9H2,1H3. The van der Waals surface area contributed by atoms with E-state index in [0.717, 1.165) is 25.0 Å². The van der Waals surface area contributed by atoms with Gasteiger partial charge < -0.3 is 14.8 Å². The molecule has 2 N–H and O–H groups in total. The highest BCUT2D eigenvalue weighted by Crippen LogP contribution is 2.30. The molecule has 0 unspecified atom stereocenters. The van der Waals surface area contributed by atoms with Crippen LogP contribution in [0.15, 0.2) is 46.1 Å². The van der Waals surface area contributed by atoms with Crippen LogP contribution in [0.2, 0.25) is 0 Å². The Morgan fingerprint density at radius 2 is 1.97 bits per heavy atom. The molecule has 1 fully saturated rings. The minimum Gasteiger partial charge on any atom is -0.487 e. The molecule has 158 valence electrons. The third-order valence-electron chi connectivity index (χ3n) is 4.56. The first-order valence-electron chi connectivity index (χ1n) is 9.16. The van der Waals surface area contributed by atoms with Crippen molar-refractivity contribution >= 4 is 34.8 Å². The average Bonchev–Trinajstić information content (AvgIpc) is 3.19. The second-order valence-corrected chi connectivity index (χ2v) is 8.41. The molecule has 0 atom stereocenters. The molecule has 1 aliphatic rings. The molecular weight excluding hydrogens is 433 g/mol. The van der Waals surface area contributed by atoms with E-state index in [0.29, 0.717) is 17.1 Å². The summed E-state index contributed by atoms with van der Waals surface area (Å²) < 4.78 is 51.9. The van der Waals surface area contributed by atoms with E-state index in [1.54, 1.807) is 23.0 Å². The molecule has 2 aromatic carbocycles. The molecule has 0 bridgehead atoms. The van der Waals surface area contributed by atoms with Crippen LogP contribution >= 0.6 is 23.3 Å². The van der Waals surface area contributed by atoms with E-state index < -0.39 is 17.5 Å². The smallest absolute Gasteiger partial charge is 0.147 e. The molecule has 2 heterocycles. The first-order chi connectivity index (χ1) is 14.5. The van der Waals surface area contributed by atoms with E-state index in [1.807, 2.05) is 7.05 Å². The van der Waals surface area contributed by atoms with E-state index in [4.69, 9.17) is 4.74 Å². The van der Waals surface area contributed by atoms with Gasteiger partial charge in [-0.3, -0.25) is 4.90 Å². The van der Waals surface area contributed by atoms with Gasteiger partial charge in [-0.2, -0.15) is 0 Å². The SMILES string of the molecule is CN1CC(Oc2cccc(F)c2CNc2cc(F)c(SNc3cscn3)c(F)c2)C1. The van der Waals surface area contributed by atoms with Crippen molar-refractivity contribution < 1.29 is 17.9 Å². The first kappa shape index (κ1) is 20.8. The molecule has 1 aliphatic heterocycles. The highest BCUT2D eigenvalue weighted by Gasteiger charge is 2.26. The van der Waals surface area contributed by atoms with Gasteiger partial charge in [-0.25, -0.2) is 18.2 Å². The lowest BCUT2D eigenvalue weighted by molar-refractivity contribution is 0.0379. The number of likely N-dealkylation sites (tertiary alicyclic amines) is 1. The highest BCUT2D eigenvalue weighted by atomic mass is 32.2. The Morgan fingerprint density at radius 3 is 2.63 bits per heavy atom. The van der Waals surface area contributed by atoms with Gasteiger partial charge in [0, 0.05) is 36.3 Å². The van der Waals surface area contributed by atoms with Gasteiger partial charge in [0.15, 0.2) is 0 Å². The van der Waals surface area contributed by atoms with Crippen LogP contribution in [-0.4, -0.2) is 36.1 Å². The molecule has 30 heavy (non-hydrogen) atoms. The summed E-state index contributed by atoms with van der Waals surface area (Å²) in [7, 11) is 1.98. The molecule has 3 aromatic rings. The Kier molecular flexibility index (Phi) is 6.35. The van der Waals surface area contributed by atoms with E-state index in [2.05, 4.69) is 19.9 Å². The Balaban J connectivity index is 1.43. The summed E-state index contributed by atoms with van der Waals surface area (Å²) in [6, 6.07) is 6.97. The number of hydrogen-bond donors (Lipinski definition) is 2.